The van der Waals surface area contributed by atoms with Crippen molar-refractivity contribution in [3.8, 4) is 16.5 Å². The summed E-state index contributed by atoms with van der Waals surface area (Å²) < 4.78 is 11.3. The molecule has 2 aromatic heterocycles. The van der Waals surface area contributed by atoms with Crippen LogP contribution in [0.3, 0.4) is 0 Å². The quantitative estimate of drug-likeness (QED) is 0.714. The molecule has 0 atom stereocenters. The molecule has 0 spiro atoms. The van der Waals surface area contributed by atoms with E-state index in [1.165, 1.54) is 17.4 Å². The van der Waals surface area contributed by atoms with Gasteiger partial charge in [0.1, 0.15) is 12.3 Å². The number of Topliss-reactive ketones (excluding diaryl/α,β-unsaturated/α-hetero) is 1. The third-order valence-electron chi connectivity index (χ3n) is 3.57. The van der Waals surface area contributed by atoms with Crippen molar-refractivity contribution < 1.29 is 18.7 Å². The topological polar surface area (TPSA) is 103 Å². The lowest BCUT2D eigenvalue weighted by Crippen LogP contribution is -2.26. The Hall–Kier alpha value is -3.20. The van der Waals surface area contributed by atoms with Crippen LogP contribution in [0.5, 0.6) is 5.75 Å². The first kappa shape index (κ1) is 15.3. The number of ether oxygens (including phenoxy) is 1. The van der Waals surface area contributed by atoms with E-state index in [1.54, 1.807) is 18.2 Å². The molecule has 1 aliphatic rings. The number of rotatable bonds is 4. The van der Waals surface area contributed by atoms with E-state index in [2.05, 4.69) is 10.4 Å². The third kappa shape index (κ3) is 2.96. The fourth-order valence-electron chi connectivity index (χ4n) is 2.39. The number of carbonyl (C=O) groups is 2. The van der Waals surface area contributed by atoms with Gasteiger partial charge in [0.2, 0.25) is 0 Å². The first-order chi connectivity index (χ1) is 12.1. The minimum Gasteiger partial charge on any atom is -0.482 e. The zero-order valence-corrected chi connectivity index (χ0v) is 13.5. The zero-order valence-electron chi connectivity index (χ0n) is 12.7. The Morgan fingerprint density at radius 3 is 3.00 bits per heavy atom. The highest BCUT2D eigenvalue weighted by Gasteiger charge is 2.19. The van der Waals surface area contributed by atoms with Crippen LogP contribution in [0.2, 0.25) is 0 Å². The van der Waals surface area contributed by atoms with Crippen LogP contribution < -0.4 is 15.8 Å². The molecule has 3 heterocycles. The summed E-state index contributed by atoms with van der Waals surface area (Å²) in [6.07, 6.45) is 0. The normalized spacial score (nSPS) is 13.0. The van der Waals surface area contributed by atoms with Crippen LogP contribution in [0.4, 0.5) is 5.69 Å². The summed E-state index contributed by atoms with van der Waals surface area (Å²) in [5.41, 5.74) is 0.756. The summed E-state index contributed by atoms with van der Waals surface area (Å²) in [6.45, 7) is -0.318. The van der Waals surface area contributed by atoms with Crippen LogP contribution in [0.15, 0.2) is 44.9 Å². The van der Waals surface area contributed by atoms with Crippen LogP contribution >= 0.6 is 11.3 Å². The molecule has 8 nitrogen and oxygen atoms in total. The lowest BCUT2D eigenvalue weighted by Gasteiger charge is -2.18. The van der Waals surface area contributed by atoms with E-state index in [0.29, 0.717) is 21.9 Å². The van der Waals surface area contributed by atoms with E-state index in [4.69, 9.17) is 9.15 Å². The monoisotopic (exact) mass is 357 g/mol. The summed E-state index contributed by atoms with van der Waals surface area (Å²) in [4.78, 5) is 36.4. The highest BCUT2D eigenvalue weighted by Crippen LogP contribution is 2.28. The van der Waals surface area contributed by atoms with Crippen LogP contribution in [-0.2, 0) is 11.3 Å². The molecule has 0 unspecified atom stereocenters. The van der Waals surface area contributed by atoms with E-state index in [-0.39, 0.29) is 30.7 Å². The number of nitrogens with zero attached hydrogens (tertiary/aromatic N) is 2. The molecule has 0 radical (unpaired) electrons. The lowest BCUT2D eigenvalue weighted by atomic mass is 10.1. The van der Waals surface area contributed by atoms with Gasteiger partial charge in [-0.15, -0.1) is 16.4 Å². The van der Waals surface area contributed by atoms with Gasteiger partial charge in [-0.2, -0.15) is 4.68 Å². The number of hydrogen-bond donors (Lipinski definition) is 1. The van der Waals surface area contributed by atoms with Crippen LogP contribution in [0.1, 0.15) is 10.4 Å². The second-order valence-electron chi connectivity index (χ2n) is 5.28. The van der Waals surface area contributed by atoms with E-state index in [0.717, 1.165) is 4.68 Å². The van der Waals surface area contributed by atoms with Crippen molar-refractivity contribution in [3.05, 3.63) is 51.8 Å². The Morgan fingerprint density at radius 2 is 2.20 bits per heavy atom. The minimum absolute atomic E-state index is 0.0554. The van der Waals surface area contributed by atoms with E-state index >= 15 is 0 Å². The molecular formula is C16H11N3O5S. The molecule has 0 bridgehead atoms. The molecule has 25 heavy (non-hydrogen) atoms. The Balaban J connectivity index is 1.58. The van der Waals surface area contributed by atoms with Crippen LogP contribution in [0.25, 0.3) is 10.8 Å². The largest absolute Gasteiger partial charge is 0.482 e. The number of benzene rings is 1. The standard InChI is InChI=1S/C16H11N3O5S/c20-11(9-3-4-12-10(6-9)17-14(21)8-23-12)7-19-16(22)24-15(18-19)13-2-1-5-25-13/h1-6H,7-8H2,(H,17,21). The predicted molar refractivity (Wildman–Crippen MR) is 89.0 cm³/mol. The van der Waals surface area contributed by atoms with Gasteiger partial charge >= 0.3 is 5.76 Å². The van der Waals surface area contributed by atoms with E-state index in [1.807, 2.05) is 11.4 Å². The molecule has 4 rings (SSSR count). The number of nitrogens with one attached hydrogen (secondary N) is 1. The molecule has 3 aromatic rings. The van der Waals surface area contributed by atoms with Crippen molar-refractivity contribution in [2.45, 2.75) is 6.54 Å². The van der Waals surface area contributed by atoms with Crippen molar-refractivity contribution >= 4 is 28.7 Å². The van der Waals surface area contributed by atoms with Crippen LogP contribution in [0, 0.1) is 0 Å². The molecule has 1 N–H and O–H groups in total. The summed E-state index contributed by atoms with van der Waals surface area (Å²) >= 11 is 1.38. The lowest BCUT2D eigenvalue weighted by molar-refractivity contribution is -0.118. The number of aromatic nitrogens is 2. The first-order valence-electron chi connectivity index (χ1n) is 7.32. The Labute approximate surface area is 144 Å². The molecule has 126 valence electrons. The highest BCUT2D eigenvalue weighted by molar-refractivity contribution is 7.13. The number of amides is 1. The molecule has 1 aliphatic heterocycles. The van der Waals surface area contributed by atoms with Gasteiger partial charge < -0.3 is 14.5 Å². The van der Waals surface area contributed by atoms with Gasteiger partial charge in [-0.3, -0.25) is 9.59 Å². The molecule has 0 saturated heterocycles. The predicted octanol–water partition coefficient (Wildman–Crippen LogP) is 1.78. The van der Waals surface area contributed by atoms with Gasteiger partial charge in [0.05, 0.1) is 10.6 Å². The third-order valence-corrected chi connectivity index (χ3v) is 4.42. The van der Waals surface area contributed by atoms with Gasteiger partial charge in [0.25, 0.3) is 11.8 Å². The fraction of sp³-hybridized carbons (Fsp3) is 0.125. The highest BCUT2D eigenvalue weighted by atomic mass is 32.1. The smallest absolute Gasteiger partial charge is 0.437 e. The molecule has 0 saturated carbocycles. The maximum Gasteiger partial charge on any atom is 0.437 e. The molecule has 0 aliphatic carbocycles. The first-order valence-corrected chi connectivity index (χ1v) is 8.20. The molecule has 1 amide bonds. The SMILES string of the molecule is O=C1COc2ccc(C(=O)Cn3nc(-c4cccs4)oc3=O)cc2N1. The van der Waals surface area contributed by atoms with E-state index < -0.39 is 5.76 Å². The Bertz CT molecular complexity index is 1020. The van der Waals surface area contributed by atoms with Gasteiger partial charge in [-0.1, -0.05) is 6.07 Å². The van der Waals surface area contributed by atoms with Crippen molar-refractivity contribution in [1.82, 2.24) is 9.78 Å². The summed E-state index contributed by atoms with van der Waals surface area (Å²) in [5, 5.41) is 8.52. The number of fused-ring (bicyclic) bond motifs is 1. The fourth-order valence-corrected chi connectivity index (χ4v) is 3.03. The molecular weight excluding hydrogens is 346 g/mol. The van der Waals surface area contributed by atoms with Crippen molar-refractivity contribution in [3.63, 3.8) is 0 Å². The molecule has 0 fully saturated rings. The second-order valence-corrected chi connectivity index (χ2v) is 6.23. The second kappa shape index (κ2) is 6.02. The van der Waals surface area contributed by atoms with Gasteiger partial charge in [0, 0.05) is 5.56 Å². The minimum atomic E-state index is -0.702. The van der Waals surface area contributed by atoms with Crippen molar-refractivity contribution in [2.24, 2.45) is 0 Å². The maximum atomic E-state index is 12.4. The Morgan fingerprint density at radius 1 is 1.32 bits per heavy atom. The maximum absolute atomic E-state index is 12.4. The average molecular weight is 357 g/mol. The number of anilines is 1. The van der Waals surface area contributed by atoms with Gasteiger partial charge in [-0.25, -0.2) is 4.79 Å². The molecule has 9 heteroatoms. The number of carbonyl (C=O) groups excluding carboxylic acids is 2. The summed E-state index contributed by atoms with van der Waals surface area (Å²) in [7, 11) is 0. The summed E-state index contributed by atoms with van der Waals surface area (Å²) in [6, 6.07) is 8.27. The number of ketones is 1. The average Bonchev–Trinajstić information content (AvgIpc) is 3.24. The van der Waals surface area contributed by atoms with Crippen molar-refractivity contribution in [2.75, 3.05) is 11.9 Å². The number of hydrogen-bond acceptors (Lipinski definition) is 7. The number of thiophene rings is 1. The van der Waals surface area contributed by atoms with Gasteiger partial charge in [0.15, 0.2) is 12.4 Å². The Kier molecular flexibility index (Phi) is 3.69. The zero-order chi connectivity index (χ0) is 17.4. The van der Waals surface area contributed by atoms with Crippen LogP contribution in [-0.4, -0.2) is 28.1 Å². The molecule has 1 aromatic carbocycles. The van der Waals surface area contributed by atoms with E-state index in [9.17, 15) is 14.4 Å². The summed E-state index contributed by atoms with van der Waals surface area (Å²) in [5.74, 6) is -0.652. The van der Waals surface area contributed by atoms with Crippen molar-refractivity contribution in [1.29, 1.82) is 0 Å². The van der Waals surface area contributed by atoms with Gasteiger partial charge in [-0.05, 0) is 29.6 Å².